The molecule has 0 atom stereocenters. The molecule has 1 aliphatic heterocycles. The van der Waals surface area contributed by atoms with E-state index in [1.165, 1.54) is 11.3 Å². The molecule has 0 aromatic carbocycles. The molecule has 0 radical (unpaired) electrons. The van der Waals surface area contributed by atoms with E-state index in [2.05, 4.69) is 32.9 Å². The standard InChI is InChI=1S/C12H16IN3O2S/c1-8(17)16-4-2-9(3-5-16)6-14-11(18)12-15-7-10(13)19-12/h7,9H,2-6H2,1H3,(H,14,18). The number of thiazole rings is 1. The lowest BCUT2D eigenvalue weighted by Gasteiger charge is -2.31. The maximum absolute atomic E-state index is 11.8. The molecule has 0 bridgehead atoms. The fraction of sp³-hybridized carbons (Fsp3) is 0.583. The zero-order valence-corrected chi connectivity index (χ0v) is 13.7. The minimum Gasteiger partial charge on any atom is -0.350 e. The lowest BCUT2D eigenvalue weighted by atomic mass is 9.97. The maximum Gasteiger partial charge on any atom is 0.280 e. The molecule has 104 valence electrons. The van der Waals surface area contributed by atoms with Crippen molar-refractivity contribution in [1.82, 2.24) is 15.2 Å². The number of nitrogens with one attached hydrogen (secondary N) is 1. The molecule has 2 amide bonds. The molecule has 1 N–H and O–H groups in total. The van der Waals surface area contributed by atoms with Gasteiger partial charge in [0.05, 0.1) is 9.08 Å². The summed E-state index contributed by atoms with van der Waals surface area (Å²) in [5, 5.41) is 3.45. The molecule has 5 nitrogen and oxygen atoms in total. The third kappa shape index (κ3) is 4.13. The van der Waals surface area contributed by atoms with Crippen molar-refractivity contribution >= 4 is 45.7 Å². The fourth-order valence-electron chi connectivity index (χ4n) is 2.12. The third-order valence-electron chi connectivity index (χ3n) is 3.28. The van der Waals surface area contributed by atoms with Crippen LogP contribution >= 0.6 is 33.9 Å². The van der Waals surface area contributed by atoms with E-state index >= 15 is 0 Å². The summed E-state index contributed by atoms with van der Waals surface area (Å²) in [4.78, 5) is 29.0. The fourth-order valence-corrected chi connectivity index (χ4v) is 3.45. The summed E-state index contributed by atoms with van der Waals surface area (Å²) >= 11 is 3.55. The summed E-state index contributed by atoms with van der Waals surface area (Å²) in [5.74, 6) is 0.500. The Morgan fingerprint density at radius 3 is 2.74 bits per heavy atom. The number of halogens is 1. The largest absolute Gasteiger partial charge is 0.350 e. The molecule has 1 aliphatic rings. The number of likely N-dealkylation sites (tertiary alicyclic amines) is 1. The molecular formula is C12H16IN3O2S. The molecule has 7 heteroatoms. The molecule has 1 saturated heterocycles. The van der Waals surface area contributed by atoms with Gasteiger partial charge in [0, 0.05) is 26.6 Å². The van der Waals surface area contributed by atoms with Gasteiger partial charge in [-0.15, -0.1) is 11.3 Å². The lowest BCUT2D eigenvalue weighted by molar-refractivity contribution is -0.130. The van der Waals surface area contributed by atoms with Crippen LogP contribution in [0, 0.1) is 8.80 Å². The van der Waals surface area contributed by atoms with Crippen molar-refractivity contribution in [3.63, 3.8) is 0 Å². The van der Waals surface area contributed by atoms with Gasteiger partial charge in [-0.2, -0.15) is 0 Å². The van der Waals surface area contributed by atoms with Crippen molar-refractivity contribution < 1.29 is 9.59 Å². The second-order valence-corrected chi connectivity index (χ2v) is 7.55. The van der Waals surface area contributed by atoms with E-state index in [1.807, 2.05) is 4.90 Å². The average molecular weight is 393 g/mol. The van der Waals surface area contributed by atoms with Gasteiger partial charge in [0.15, 0.2) is 5.01 Å². The highest BCUT2D eigenvalue weighted by atomic mass is 127. The van der Waals surface area contributed by atoms with Crippen LogP contribution in [-0.2, 0) is 4.79 Å². The normalized spacial score (nSPS) is 16.4. The lowest BCUT2D eigenvalue weighted by Crippen LogP contribution is -2.40. The SMILES string of the molecule is CC(=O)N1CCC(CNC(=O)c2ncc(I)s2)CC1. The Balaban J connectivity index is 1.75. The van der Waals surface area contributed by atoms with E-state index in [4.69, 9.17) is 0 Å². The molecule has 0 aliphatic carbocycles. The second-order valence-electron chi connectivity index (χ2n) is 4.63. The molecule has 0 spiro atoms. The second kappa shape index (κ2) is 6.65. The number of nitrogens with zero attached hydrogens (tertiary/aromatic N) is 2. The van der Waals surface area contributed by atoms with E-state index < -0.39 is 0 Å². The summed E-state index contributed by atoms with van der Waals surface area (Å²) in [6.07, 6.45) is 3.61. The van der Waals surface area contributed by atoms with Crippen LogP contribution in [0.15, 0.2) is 6.20 Å². The highest BCUT2D eigenvalue weighted by molar-refractivity contribution is 14.1. The Bertz CT molecular complexity index is 469. The number of amides is 2. The summed E-state index contributed by atoms with van der Waals surface area (Å²) < 4.78 is 1.01. The Morgan fingerprint density at radius 2 is 2.21 bits per heavy atom. The first-order valence-corrected chi connectivity index (χ1v) is 8.11. The Labute approximate surface area is 129 Å². The van der Waals surface area contributed by atoms with Crippen LogP contribution < -0.4 is 5.32 Å². The van der Waals surface area contributed by atoms with Crippen LogP contribution in [0.2, 0.25) is 0 Å². The number of carbonyl (C=O) groups excluding carboxylic acids is 2. The van der Waals surface area contributed by atoms with E-state index in [-0.39, 0.29) is 11.8 Å². The first-order chi connectivity index (χ1) is 9.06. The predicted molar refractivity (Wildman–Crippen MR) is 82.1 cm³/mol. The minimum absolute atomic E-state index is 0.0955. The number of rotatable bonds is 3. The van der Waals surface area contributed by atoms with Crippen molar-refractivity contribution in [1.29, 1.82) is 0 Å². The van der Waals surface area contributed by atoms with Gasteiger partial charge in [-0.3, -0.25) is 9.59 Å². The van der Waals surface area contributed by atoms with Gasteiger partial charge in [-0.25, -0.2) is 4.98 Å². The van der Waals surface area contributed by atoms with E-state index in [0.29, 0.717) is 17.5 Å². The van der Waals surface area contributed by atoms with Gasteiger partial charge < -0.3 is 10.2 Å². The average Bonchev–Trinajstić information content (AvgIpc) is 2.83. The maximum atomic E-state index is 11.8. The molecule has 2 rings (SSSR count). The molecular weight excluding hydrogens is 377 g/mol. The molecule has 1 aromatic rings. The minimum atomic E-state index is -0.0955. The van der Waals surface area contributed by atoms with Crippen molar-refractivity contribution in [2.24, 2.45) is 5.92 Å². The van der Waals surface area contributed by atoms with Crippen molar-refractivity contribution in [3.05, 3.63) is 14.1 Å². The van der Waals surface area contributed by atoms with Crippen LogP contribution in [0.4, 0.5) is 0 Å². The van der Waals surface area contributed by atoms with Gasteiger partial charge in [0.1, 0.15) is 0 Å². The third-order valence-corrected chi connectivity index (χ3v) is 5.01. The number of aromatic nitrogens is 1. The molecule has 0 saturated carbocycles. The number of hydrogen-bond acceptors (Lipinski definition) is 4. The van der Waals surface area contributed by atoms with Crippen LogP contribution in [0.3, 0.4) is 0 Å². The topological polar surface area (TPSA) is 62.3 Å². The highest BCUT2D eigenvalue weighted by Crippen LogP contribution is 2.17. The first-order valence-electron chi connectivity index (χ1n) is 6.21. The number of hydrogen-bond donors (Lipinski definition) is 1. The number of carbonyl (C=O) groups is 2. The zero-order valence-electron chi connectivity index (χ0n) is 10.7. The van der Waals surface area contributed by atoms with Gasteiger partial charge in [-0.1, -0.05) is 0 Å². The first kappa shape index (κ1) is 14.7. The summed E-state index contributed by atoms with van der Waals surface area (Å²) in [6.45, 7) is 3.86. The molecule has 19 heavy (non-hydrogen) atoms. The molecule has 0 unspecified atom stereocenters. The van der Waals surface area contributed by atoms with Crippen molar-refractivity contribution in [3.8, 4) is 0 Å². The molecule has 1 aromatic heterocycles. The van der Waals surface area contributed by atoms with Crippen molar-refractivity contribution in [2.75, 3.05) is 19.6 Å². The monoisotopic (exact) mass is 393 g/mol. The molecule has 1 fully saturated rings. The summed E-state index contributed by atoms with van der Waals surface area (Å²) in [5.41, 5.74) is 0. The highest BCUT2D eigenvalue weighted by Gasteiger charge is 2.21. The van der Waals surface area contributed by atoms with E-state index in [0.717, 1.165) is 28.8 Å². The Kier molecular flexibility index (Phi) is 5.14. The van der Waals surface area contributed by atoms with E-state index in [9.17, 15) is 9.59 Å². The smallest absolute Gasteiger partial charge is 0.280 e. The van der Waals surface area contributed by atoms with Crippen LogP contribution in [0.25, 0.3) is 0 Å². The Hall–Kier alpha value is -0.700. The van der Waals surface area contributed by atoms with Gasteiger partial charge in [-0.05, 0) is 41.4 Å². The van der Waals surface area contributed by atoms with Crippen LogP contribution in [0.5, 0.6) is 0 Å². The van der Waals surface area contributed by atoms with E-state index in [1.54, 1.807) is 13.1 Å². The molecule has 2 heterocycles. The van der Waals surface area contributed by atoms with Crippen LogP contribution in [0.1, 0.15) is 29.6 Å². The predicted octanol–water partition coefficient (Wildman–Crippen LogP) is 1.74. The quantitative estimate of drug-likeness (QED) is 0.796. The van der Waals surface area contributed by atoms with Gasteiger partial charge in [0.25, 0.3) is 5.91 Å². The zero-order chi connectivity index (χ0) is 13.8. The van der Waals surface area contributed by atoms with Crippen molar-refractivity contribution in [2.45, 2.75) is 19.8 Å². The number of piperidine rings is 1. The summed E-state index contributed by atoms with van der Waals surface area (Å²) in [7, 11) is 0. The van der Waals surface area contributed by atoms with Crippen LogP contribution in [-0.4, -0.2) is 41.3 Å². The Morgan fingerprint density at radius 1 is 1.53 bits per heavy atom. The van der Waals surface area contributed by atoms with Gasteiger partial charge in [0.2, 0.25) is 5.91 Å². The summed E-state index contributed by atoms with van der Waals surface area (Å²) in [6, 6.07) is 0. The van der Waals surface area contributed by atoms with Gasteiger partial charge >= 0.3 is 0 Å².